The van der Waals surface area contributed by atoms with Crippen LogP contribution in [-0.2, 0) is 14.3 Å². The number of hydrogen-bond donors (Lipinski definition) is 2. The van der Waals surface area contributed by atoms with Crippen LogP contribution in [0.15, 0.2) is 65.3 Å². The number of carbonyl (C=O) groups excluding carboxylic acids is 3. The summed E-state index contributed by atoms with van der Waals surface area (Å²) in [5, 5.41) is 19.9. The Morgan fingerprint density at radius 3 is 2.62 bits per heavy atom. The van der Waals surface area contributed by atoms with E-state index >= 15 is 0 Å². The number of carbonyl (C=O) groups is 3. The first kappa shape index (κ1) is 33.9. The molecule has 0 saturated carbocycles. The zero-order valence-electron chi connectivity index (χ0n) is 26.7. The summed E-state index contributed by atoms with van der Waals surface area (Å²) in [5.41, 5.74) is 1.56. The molecule has 0 bridgehead atoms. The van der Waals surface area contributed by atoms with Crippen molar-refractivity contribution in [2.24, 2.45) is 0 Å². The molecule has 48 heavy (non-hydrogen) atoms. The highest BCUT2D eigenvalue weighted by Gasteiger charge is 2.36. The third kappa shape index (κ3) is 7.91. The normalized spacial score (nSPS) is 14.2. The molecule has 248 valence electrons. The predicted octanol–water partition coefficient (Wildman–Crippen LogP) is 6.50. The van der Waals surface area contributed by atoms with Gasteiger partial charge in [0.25, 0.3) is 5.91 Å². The van der Waals surface area contributed by atoms with Gasteiger partial charge in [-0.1, -0.05) is 28.9 Å². The van der Waals surface area contributed by atoms with Crippen molar-refractivity contribution >= 4 is 41.0 Å². The lowest BCUT2D eigenvalue weighted by molar-refractivity contribution is -0.120. The molecule has 1 aliphatic rings. The molecule has 0 unspecified atom stereocenters. The minimum absolute atomic E-state index is 0.0487. The molecule has 14 heteroatoms. The summed E-state index contributed by atoms with van der Waals surface area (Å²) in [6.45, 7) is 5.65. The van der Waals surface area contributed by atoms with Gasteiger partial charge in [-0.25, -0.2) is 9.78 Å². The van der Waals surface area contributed by atoms with E-state index in [0.29, 0.717) is 58.2 Å². The molecular formula is C34H33ClN6O7. The minimum Gasteiger partial charge on any atom is -0.467 e. The molecule has 0 radical (unpaired) electrons. The molecule has 1 saturated heterocycles. The molecule has 2 N–H and O–H groups in total. The van der Waals surface area contributed by atoms with Gasteiger partial charge in [-0.05, 0) is 75.6 Å². The van der Waals surface area contributed by atoms with E-state index in [1.807, 2.05) is 0 Å². The third-order valence-electron chi connectivity index (χ3n) is 7.20. The van der Waals surface area contributed by atoms with Crippen molar-refractivity contribution < 1.29 is 33.1 Å². The number of methoxy groups -OCH3 is 1. The number of rotatable bonds is 9. The smallest absolute Gasteiger partial charge is 0.410 e. The SMILES string of the molecule is COCOc1cc(Cl)ccc1-c1cc(-c2cccc(NC(=O)[C@H]3CCCN3C(=O)OC(C)(C)C)c2)c(C#N)c(NC(=O)c2ccno2)n1. The summed E-state index contributed by atoms with van der Waals surface area (Å²) >= 11 is 6.25. The van der Waals surface area contributed by atoms with Crippen LogP contribution in [0, 0.1) is 11.3 Å². The predicted molar refractivity (Wildman–Crippen MR) is 176 cm³/mol. The number of amides is 3. The molecule has 2 aromatic carbocycles. The maximum absolute atomic E-state index is 13.4. The quantitative estimate of drug-likeness (QED) is 0.187. The van der Waals surface area contributed by atoms with Crippen molar-refractivity contribution in [3.8, 4) is 34.2 Å². The van der Waals surface area contributed by atoms with Gasteiger partial charge in [-0.3, -0.25) is 14.5 Å². The second-order valence-corrected chi connectivity index (χ2v) is 12.3. The molecule has 0 aliphatic carbocycles. The first-order chi connectivity index (χ1) is 23.0. The lowest BCUT2D eigenvalue weighted by Crippen LogP contribution is -2.45. The molecule has 4 aromatic rings. The number of ether oxygens (including phenoxy) is 3. The summed E-state index contributed by atoms with van der Waals surface area (Å²) in [4.78, 5) is 45.3. The van der Waals surface area contributed by atoms with Crippen LogP contribution in [0.5, 0.6) is 5.75 Å². The topological polar surface area (TPSA) is 169 Å². The van der Waals surface area contributed by atoms with Crippen molar-refractivity contribution in [3.63, 3.8) is 0 Å². The summed E-state index contributed by atoms with van der Waals surface area (Å²) < 4.78 is 21.3. The molecular weight excluding hydrogens is 640 g/mol. The standard InChI is InChI=1S/C34H33ClN6O7/c1-34(2,3)47-33(44)41-14-6-9-27(41)31(42)38-22-8-5-7-20(15-22)24-17-26(23-11-10-21(35)16-29(23)46-19-45-4)39-30(25(24)18-36)40-32(43)28-12-13-37-48-28/h5,7-8,10-13,15-17,27H,6,9,14,19H2,1-4H3,(H,38,42)(H,39,40,43)/t27-/m1/s1. The van der Waals surface area contributed by atoms with Gasteiger partial charge in [0.05, 0.1) is 11.9 Å². The summed E-state index contributed by atoms with van der Waals surface area (Å²) in [7, 11) is 1.48. The van der Waals surface area contributed by atoms with Gasteiger partial charge < -0.3 is 29.4 Å². The number of benzene rings is 2. The molecule has 3 amide bonds. The Morgan fingerprint density at radius 1 is 1.10 bits per heavy atom. The van der Waals surface area contributed by atoms with Crippen molar-refractivity contribution in [2.75, 3.05) is 31.1 Å². The van der Waals surface area contributed by atoms with Gasteiger partial charge in [-0.15, -0.1) is 0 Å². The van der Waals surface area contributed by atoms with Gasteiger partial charge in [-0.2, -0.15) is 5.26 Å². The van der Waals surface area contributed by atoms with Crippen LogP contribution in [0.1, 0.15) is 49.7 Å². The first-order valence-electron chi connectivity index (χ1n) is 15.0. The first-order valence-corrected chi connectivity index (χ1v) is 15.3. The molecule has 3 heterocycles. The van der Waals surface area contributed by atoms with Gasteiger partial charge in [0.1, 0.15) is 29.0 Å². The molecule has 1 aliphatic heterocycles. The zero-order chi connectivity index (χ0) is 34.4. The lowest BCUT2D eigenvalue weighted by atomic mass is 9.97. The van der Waals surface area contributed by atoms with Crippen LogP contribution >= 0.6 is 11.6 Å². The molecule has 13 nitrogen and oxygen atoms in total. The zero-order valence-corrected chi connectivity index (χ0v) is 27.5. The van der Waals surface area contributed by atoms with Crippen LogP contribution in [-0.4, -0.2) is 65.0 Å². The third-order valence-corrected chi connectivity index (χ3v) is 7.44. The van der Waals surface area contributed by atoms with Crippen molar-refractivity contribution in [3.05, 3.63) is 77.1 Å². The Hall–Kier alpha value is -5.45. The maximum atomic E-state index is 13.4. The Bertz CT molecular complexity index is 1870. The largest absolute Gasteiger partial charge is 0.467 e. The van der Waals surface area contributed by atoms with Gasteiger partial charge in [0, 0.05) is 41.6 Å². The van der Waals surface area contributed by atoms with Crippen LogP contribution in [0.25, 0.3) is 22.4 Å². The molecule has 1 atom stereocenters. The van der Waals surface area contributed by atoms with Gasteiger partial charge >= 0.3 is 6.09 Å². The average Bonchev–Trinajstić information content (AvgIpc) is 3.76. The Labute approximate surface area is 281 Å². The number of nitrogens with zero attached hydrogens (tertiary/aromatic N) is 4. The fourth-order valence-electron chi connectivity index (χ4n) is 5.13. The Balaban J connectivity index is 1.53. The van der Waals surface area contributed by atoms with Gasteiger partial charge in [0.15, 0.2) is 12.6 Å². The highest BCUT2D eigenvalue weighted by atomic mass is 35.5. The number of anilines is 2. The van der Waals surface area contributed by atoms with Crippen molar-refractivity contribution in [2.45, 2.75) is 45.3 Å². The number of nitriles is 1. The number of likely N-dealkylation sites (tertiary alicyclic amines) is 1. The summed E-state index contributed by atoms with van der Waals surface area (Å²) in [6, 6.07) is 16.3. The Morgan fingerprint density at radius 2 is 1.92 bits per heavy atom. The van der Waals surface area contributed by atoms with Crippen molar-refractivity contribution in [1.29, 1.82) is 5.26 Å². The second kappa shape index (κ2) is 14.5. The second-order valence-electron chi connectivity index (χ2n) is 11.8. The highest BCUT2D eigenvalue weighted by molar-refractivity contribution is 6.30. The van der Waals surface area contributed by atoms with E-state index in [4.69, 9.17) is 30.3 Å². The summed E-state index contributed by atoms with van der Waals surface area (Å²) in [5.74, 6) is -0.814. The van der Waals surface area contributed by atoms with Crippen molar-refractivity contribution in [1.82, 2.24) is 15.0 Å². The fourth-order valence-corrected chi connectivity index (χ4v) is 5.30. The van der Waals surface area contributed by atoms with Crippen LogP contribution in [0.3, 0.4) is 0 Å². The highest BCUT2D eigenvalue weighted by Crippen LogP contribution is 2.38. The molecule has 2 aromatic heterocycles. The maximum Gasteiger partial charge on any atom is 0.410 e. The molecule has 1 fully saturated rings. The van der Waals surface area contributed by atoms with E-state index in [1.165, 1.54) is 24.3 Å². The van der Waals surface area contributed by atoms with Crippen LogP contribution in [0.4, 0.5) is 16.3 Å². The monoisotopic (exact) mass is 672 g/mol. The lowest BCUT2D eigenvalue weighted by Gasteiger charge is -2.28. The summed E-state index contributed by atoms with van der Waals surface area (Å²) in [6.07, 6.45) is 1.92. The van der Waals surface area contributed by atoms with E-state index < -0.39 is 23.6 Å². The Kier molecular flexibility index (Phi) is 10.3. The van der Waals surface area contributed by atoms with E-state index in [-0.39, 0.29) is 29.8 Å². The van der Waals surface area contributed by atoms with Crippen LogP contribution < -0.4 is 15.4 Å². The van der Waals surface area contributed by atoms with E-state index in [2.05, 4.69) is 26.8 Å². The number of aromatic nitrogens is 2. The number of hydrogen-bond acceptors (Lipinski definition) is 10. The number of nitrogens with one attached hydrogen (secondary N) is 2. The molecule has 0 spiro atoms. The van der Waals surface area contributed by atoms with E-state index in [1.54, 1.807) is 69.3 Å². The number of pyridine rings is 1. The molecule has 5 rings (SSSR count). The van der Waals surface area contributed by atoms with E-state index in [0.717, 1.165) is 0 Å². The average molecular weight is 673 g/mol. The fraction of sp³-hybridized carbons (Fsp3) is 0.294. The van der Waals surface area contributed by atoms with Gasteiger partial charge in [0.2, 0.25) is 11.7 Å². The number of halogens is 1. The minimum atomic E-state index is -0.709. The van der Waals surface area contributed by atoms with E-state index in [9.17, 15) is 19.6 Å². The van der Waals surface area contributed by atoms with Crippen LogP contribution in [0.2, 0.25) is 5.02 Å².